The zero-order chi connectivity index (χ0) is 18.9. The minimum atomic E-state index is -0.250. The van der Waals surface area contributed by atoms with Crippen molar-refractivity contribution in [2.24, 2.45) is 4.99 Å². The first kappa shape index (κ1) is 20.8. The zero-order valence-corrected chi connectivity index (χ0v) is 16.3. The van der Waals surface area contributed by atoms with Crippen molar-refractivity contribution in [1.82, 2.24) is 16.0 Å². The van der Waals surface area contributed by atoms with Gasteiger partial charge in [0, 0.05) is 18.6 Å². The maximum atomic E-state index is 11.9. The molecule has 0 unspecified atom stereocenters. The molecular weight excluding hydrogens is 316 g/mol. The van der Waals surface area contributed by atoms with Crippen molar-refractivity contribution in [1.29, 1.82) is 0 Å². The van der Waals surface area contributed by atoms with E-state index in [9.17, 15) is 4.79 Å². The molecule has 0 saturated heterocycles. The van der Waals surface area contributed by atoms with Gasteiger partial charge in [0.2, 0.25) is 5.91 Å². The maximum absolute atomic E-state index is 11.9. The molecule has 0 atom stereocenters. The molecule has 25 heavy (non-hydrogen) atoms. The quantitative estimate of drug-likeness (QED) is 0.520. The molecule has 0 aliphatic carbocycles. The minimum Gasteiger partial charge on any atom is -0.496 e. The van der Waals surface area contributed by atoms with Crippen molar-refractivity contribution in [2.45, 2.75) is 46.6 Å². The number of nitrogens with one attached hydrogen (secondary N) is 3. The number of benzene rings is 1. The van der Waals surface area contributed by atoms with Gasteiger partial charge in [-0.3, -0.25) is 4.79 Å². The van der Waals surface area contributed by atoms with E-state index in [0.29, 0.717) is 12.5 Å². The lowest BCUT2D eigenvalue weighted by Crippen LogP contribution is -2.43. The van der Waals surface area contributed by atoms with Gasteiger partial charge in [-0.15, -0.1) is 0 Å². The molecule has 1 amide bonds. The van der Waals surface area contributed by atoms with Crippen LogP contribution in [0.15, 0.2) is 23.2 Å². The van der Waals surface area contributed by atoms with Crippen LogP contribution in [0.25, 0.3) is 0 Å². The van der Waals surface area contributed by atoms with Crippen LogP contribution in [0.3, 0.4) is 0 Å². The monoisotopic (exact) mass is 348 g/mol. The fourth-order valence-electron chi connectivity index (χ4n) is 2.37. The van der Waals surface area contributed by atoms with Crippen LogP contribution < -0.4 is 20.7 Å². The Morgan fingerprint density at radius 2 is 1.96 bits per heavy atom. The van der Waals surface area contributed by atoms with Gasteiger partial charge in [0.05, 0.1) is 7.11 Å². The predicted octanol–water partition coefficient (Wildman–Crippen LogP) is 2.02. The minimum absolute atomic E-state index is 0.0925. The largest absolute Gasteiger partial charge is 0.496 e. The van der Waals surface area contributed by atoms with E-state index in [2.05, 4.69) is 33.9 Å². The molecule has 6 heteroatoms. The van der Waals surface area contributed by atoms with Gasteiger partial charge in [0.15, 0.2) is 5.96 Å². The van der Waals surface area contributed by atoms with E-state index in [1.807, 2.05) is 39.8 Å². The third-order valence-corrected chi connectivity index (χ3v) is 3.36. The molecule has 0 fully saturated rings. The zero-order valence-electron chi connectivity index (χ0n) is 16.3. The molecule has 0 bridgehead atoms. The van der Waals surface area contributed by atoms with Crippen LogP contribution in [-0.4, -0.2) is 44.1 Å². The summed E-state index contributed by atoms with van der Waals surface area (Å²) in [7, 11) is 1.68. The van der Waals surface area contributed by atoms with Crippen LogP contribution in [0, 0.1) is 6.92 Å². The Hall–Kier alpha value is -2.24. The summed E-state index contributed by atoms with van der Waals surface area (Å²) in [6, 6.07) is 6.15. The molecule has 140 valence electrons. The van der Waals surface area contributed by atoms with Crippen molar-refractivity contribution in [3.05, 3.63) is 29.3 Å². The van der Waals surface area contributed by atoms with Gasteiger partial charge in [-0.05, 0) is 52.7 Å². The van der Waals surface area contributed by atoms with Crippen LogP contribution >= 0.6 is 0 Å². The number of hydrogen-bond acceptors (Lipinski definition) is 3. The summed E-state index contributed by atoms with van der Waals surface area (Å²) >= 11 is 0. The van der Waals surface area contributed by atoms with Gasteiger partial charge < -0.3 is 20.7 Å². The molecule has 0 aliphatic heterocycles. The fraction of sp³-hybridized carbons (Fsp3) is 0.579. The van der Waals surface area contributed by atoms with Crippen molar-refractivity contribution < 1.29 is 9.53 Å². The Labute approximate surface area is 151 Å². The third kappa shape index (κ3) is 8.42. The molecule has 0 spiro atoms. The number of carbonyl (C=O) groups excluding carboxylic acids is 1. The van der Waals surface area contributed by atoms with Crippen molar-refractivity contribution in [3.63, 3.8) is 0 Å². The lowest BCUT2D eigenvalue weighted by atomic mass is 10.1. The first-order valence-corrected chi connectivity index (χ1v) is 8.72. The summed E-state index contributed by atoms with van der Waals surface area (Å²) in [5.74, 6) is 1.43. The number of amides is 1. The summed E-state index contributed by atoms with van der Waals surface area (Å²) in [6.07, 6.45) is 0.809. The highest BCUT2D eigenvalue weighted by molar-refractivity contribution is 5.85. The fourth-order valence-corrected chi connectivity index (χ4v) is 2.37. The first-order chi connectivity index (χ1) is 11.7. The van der Waals surface area contributed by atoms with E-state index < -0.39 is 0 Å². The van der Waals surface area contributed by atoms with Crippen molar-refractivity contribution >= 4 is 11.9 Å². The van der Waals surface area contributed by atoms with Gasteiger partial charge in [-0.1, -0.05) is 17.7 Å². The summed E-state index contributed by atoms with van der Waals surface area (Å²) < 4.78 is 5.40. The number of carbonyl (C=O) groups is 1. The van der Waals surface area contributed by atoms with Gasteiger partial charge in [-0.2, -0.15) is 0 Å². The smallest absolute Gasteiger partial charge is 0.242 e. The Morgan fingerprint density at radius 1 is 1.24 bits per heavy atom. The number of ether oxygens (including phenoxy) is 1. The first-order valence-electron chi connectivity index (χ1n) is 8.72. The number of nitrogens with zero attached hydrogens (tertiary/aromatic N) is 1. The molecule has 0 aliphatic rings. The summed E-state index contributed by atoms with van der Waals surface area (Å²) in [5.41, 5.74) is 2.10. The van der Waals surface area contributed by atoms with Gasteiger partial charge >= 0.3 is 0 Å². The second-order valence-electron chi connectivity index (χ2n) is 6.99. The van der Waals surface area contributed by atoms with Gasteiger partial charge in [0.1, 0.15) is 12.3 Å². The summed E-state index contributed by atoms with van der Waals surface area (Å²) in [4.78, 5) is 16.2. The normalized spacial score (nSPS) is 11.8. The molecule has 1 rings (SSSR count). The maximum Gasteiger partial charge on any atom is 0.242 e. The lowest BCUT2D eigenvalue weighted by Gasteiger charge is -2.20. The number of rotatable bonds is 7. The van der Waals surface area contributed by atoms with Crippen molar-refractivity contribution in [2.75, 3.05) is 26.7 Å². The van der Waals surface area contributed by atoms with Crippen molar-refractivity contribution in [3.8, 4) is 5.75 Å². The highest BCUT2D eigenvalue weighted by Gasteiger charge is 2.13. The standard InChI is InChI=1S/C19H32N4O2/c1-7-20-18(22-13-17(24)23-19(3,4)5)21-11-10-15-12-14(2)8-9-16(15)25-6/h8-9,12H,7,10-11,13H2,1-6H3,(H,23,24)(H2,20,21,22). The lowest BCUT2D eigenvalue weighted by molar-refractivity contribution is -0.121. The molecule has 3 N–H and O–H groups in total. The Kier molecular flexibility index (Phi) is 8.25. The molecule has 1 aromatic carbocycles. The van der Waals surface area contributed by atoms with E-state index in [1.165, 1.54) is 5.56 Å². The second kappa shape index (κ2) is 9.91. The average Bonchev–Trinajstić information content (AvgIpc) is 2.51. The second-order valence-corrected chi connectivity index (χ2v) is 6.99. The number of hydrogen-bond donors (Lipinski definition) is 3. The topological polar surface area (TPSA) is 74.8 Å². The number of methoxy groups -OCH3 is 1. The summed E-state index contributed by atoms with van der Waals surface area (Å²) in [5, 5.41) is 9.32. The molecule has 0 heterocycles. The number of guanidine groups is 1. The SMILES string of the molecule is CCNC(=NCC(=O)NC(C)(C)C)NCCc1cc(C)ccc1OC. The average molecular weight is 348 g/mol. The number of aryl methyl sites for hydroxylation is 1. The Morgan fingerprint density at radius 3 is 2.56 bits per heavy atom. The summed E-state index contributed by atoms with van der Waals surface area (Å²) in [6.45, 7) is 11.5. The Balaban J connectivity index is 2.59. The predicted molar refractivity (Wildman–Crippen MR) is 103 cm³/mol. The van der Waals surface area contributed by atoms with Gasteiger partial charge in [0.25, 0.3) is 0 Å². The molecule has 1 aromatic rings. The van der Waals surface area contributed by atoms with E-state index in [4.69, 9.17) is 4.74 Å². The molecule has 0 aromatic heterocycles. The van der Waals surface area contributed by atoms with Gasteiger partial charge in [-0.25, -0.2) is 4.99 Å². The van der Waals surface area contributed by atoms with E-state index in [0.717, 1.165) is 24.3 Å². The van der Waals surface area contributed by atoms with E-state index >= 15 is 0 Å². The third-order valence-electron chi connectivity index (χ3n) is 3.36. The molecule has 0 saturated carbocycles. The van der Waals surface area contributed by atoms with E-state index in [1.54, 1.807) is 7.11 Å². The van der Waals surface area contributed by atoms with Crippen LogP contribution in [0.4, 0.5) is 0 Å². The Bertz CT molecular complexity index is 592. The van der Waals surface area contributed by atoms with E-state index in [-0.39, 0.29) is 18.0 Å². The van der Waals surface area contributed by atoms with Crippen LogP contribution in [0.2, 0.25) is 0 Å². The van der Waals surface area contributed by atoms with Crippen LogP contribution in [-0.2, 0) is 11.2 Å². The number of aliphatic imine (C=N–C) groups is 1. The van der Waals surface area contributed by atoms with Crippen LogP contribution in [0.5, 0.6) is 5.75 Å². The highest BCUT2D eigenvalue weighted by atomic mass is 16.5. The molecule has 0 radical (unpaired) electrons. The molecule has 6 nitrogen and oxygen atoms in total. The molecular formula is C19H32N4O2. The van der Waals surface area contributed by atoms with Crippen LogP contribution in [0.1, 0.15) is 38.8 Å². The highest BCUT2D eigenvalue weighted by Crippen LogP contribution is 2.19.